The number of carbonyl (C=O) groups is 1. The lowest BCUT2D eigenvalue weighted by Gasteiger charge is -2.39. The molecule has 3 aliphatic rings. The first-order chi connectivity index (χ1) is 22.9. The van der Waals surface area contributed by atoms with Gasteiger partial charge in [0.15, 0.2) is 5.82 Å². The number of rotatable bonds is 13. The Balaban J connectivity index is 1.39. The van der Waals surface area contributed by atoms with Crippen molar-refractivity contribution >= 4 is 27.6 Å². The van der Waals surface area contributed by atoms with E-state index in [4.69, 9.17) is 14.3 Å². The number of benzene rings is 2. The van der Waals surface area contributed by atoms with Gasteiger partial charge in [0, 0.05) is 31.2 Å². The lowest BCUT2D eigenvalue weighted by Crippen LogP contribution is -2.55. The Hall–Kier alpha value is -3.68. The molecular weight excluding hydrogens is 640 g/mol. The molecule has 2 aromatic carbocycles. The van der Waals surface area contributed by atoms with Gasteiger partial charge in [-0.05, 0) is 55.9 Å². The van der Waals surface area contributed by atoms with Gasteiger partial charge in [-0.25, -0.2) is 21.5 Å². The number of amides is 1. The van der Waals surface area contributed by atoms with E-state index >= 15 is 0 Å². The van der Waals surface area contributed by atoms with Gasteiger partial charge >= 0.3 is 0 Å². The zero-order chi connectivity index (χ0) is 34.3. The van der Waals surface area contributed by atoms with Crippen LogP contribution in [0.4, 0.5) is 14.6 Å². The molecule has 3 aromatic rings. The maximum absolute atomic E-state index is 14.3. The van der Waals surface area contributed by atoms with Crippen LogP contribution in [0.25, 0.3) is 11.1 Å². The van der Waals surface area contributed by atoms with E-state index in [-0.39, 0.29) is 43.0 Å². The van der Waals surface area contributed by atoms with Crippen LogP contribution in [-0.2, 0) is 32.6 Å². The van der Waals surface area contributed by atoms with Gasteiger partial charge in [0.2, 0.25) is 0 Å². The first-order valence-electron chi connectivity index (χ1n) is 16.6. The summed E-state index contributed by atoms with van der Waals surface area (Å²) in [5.41, 5.74) is 2.41. The van der Waals surface area contributed by atoms with Crippen molar-refractivity contribution in [1.82, 2.24) is 15.0 Å². The first kappa shape index (κ1) is 34.2. The largest absolute Gasteiger partial charge is 0.363 e. The molecule has 2 aliphatic heterocycles. The van der Waals surface area contributed by atoms with Crippen LogP contribution in [0.3, 0.4) is 0 Å². The summed E-state index contributed by atoms with van der Waals surface area (Å²) in [4.78, 5) is 22.3. The molecule has 13 heteroatoms. The Kier molecular flexibility index (Phi) is 9.49. The quantitative estimate of drug-likeness (QED) is 0.191. The topological polar surface area (TPSA) is 109 Å². The number of methoxy groups -OCH3 is 1. The van der Waals surface area contributed by atoms with E-state index in [1.54, 1.807) is 41.8 Å². The van der Waals surface area contributed by atoms with Crippen molar-refractivity contribution in [1.29, 1.82) is 0 Å². The van der Waals surface area contributed by atoms with Gasteiger partial charge in [-0.1, -0.05) is 67.7 Å². The van der Waals surface area contributed by atoms with Crippen molar-refractivity contribution < 1.29 is 31.3 Å². The van der Waals surface area contributed by atoms with Crippen molar-refractivity contribution in [2.24, 2.45) is 4.99 Å². The number of amidine groups is 1. The number of hydrogen-bond acceptors (Lipinski definition) is 8. The van der Waals surface area contributed by atoms with Crippen LogP contribution in [0.1, 0.15) is 74.3 Å². The summed E-state index contributed by atoms with van der Waals surface area (Å²) in [7, 11) is -2.84. The van der Waals surface area contributed by atoms with Gasteiger partial charge in [-0.2, -0.15) is 0 Å². The Labute approximate surface area is 280 Å². The molecule has 1 saturated carbocycles. The Morgan fingerprint density at radius 2 is 1.77 bits per heavy atom. The highest BCUT2D eigenvalue weighted by molar-refractivity contribution is 7.93. The molecular formula is C35H43F2N5O5S. The highest BCUT2D eigenvalue weighted by atomic mass is 32.2. The summed E-state index contributed by atoms with van der Waals surface area (Å²) in [6.07, 6.45) is 6.07. The van der Waals surface area contributed by atoms with Crippen molar-refractivity contribution in [3.63, 3.8) is 0 Å². The number of anilines is 1. The monoisotopic (exact) mass is 683 g/mol. The second-order valence-corrected chi connectivity index (χ2v) is 15.0. The molecule has 258 valence electrons. The minimum Gasteiger partial charge on any atom is -0.363 e. The molecule has 1 spiro atoms. The van der Waals surface area contributed by atoms with E-state index < -0.39 is 21.5 Å². The number of nitrogens with zero attached hydrogens (tertiary/aromatic N) is 5. The van der Waals surface area contributed by atoms with Crippen LogP contribution >= 0.6 is 0 Å². The molecule has 48 heavy (non-hydrogen) atoms. The molecule has 1 amide bonds. The molecule has 0 bridgehead atoms. The van der Waals surface area contributed by atoms with Gasteiger partial charge in [-0.15, -0.1) is 0 Å². The molecule has 2 fully saturated rings. The summed E-state index contributed by atoms with van der Waals surface area (Å²) >= 11 is 0. The average Bonchev–Trinajstić information content (AvgIpc) is 3.72. The summed E-state index contributed by atoms with van der Waals surface area (Å²) < 4.78 is 68.3. The van der Waals surface area contributed by atoms with Gasteiger partial charge in [-0.3, -0.25) is 19.6 Å². The number of alkyl halides is 2. The zero-order valence-corrected chi connectivity index (χ0v) is 28.8. The number of likely N-dealkylation sites (tertiary alicyclic amines) is 1. The summed E-state index contributed by atoms with van der Waals surface area (Å²) in [5.74, 6) is -1.32. The number of halogens is 2. The molecule has 0 atom stereocenters. The number of hydrogen-bond donors (Lipinski definition) is 0. The van der Waals surface area contributed by atoms with E-state index in [9.17, 15) is 22.0 Å². The van der Waals surface area contributed by atoms with Crippen LogP contribution in [0.15, 0.2) is 56.9 Å². The fraction of sp³-hybridized carbons (Fsp3) is 0.514. The molecule has 1 aromatic heterocycles. The molecule has 3 heterocycles. The molecule has 10 nitrogen and oxygen atoms in total. The maximum atomic E-state index is 14.3. The summed E-state index contributed by atoms with van der Waals surface area (Å²) in [5, 5.41) is 4.01. The normalized spacial score (nSPS) is 18.8. The van der Waals surface area contributed by atoms with E-state index in [0.717, 1.165) is 54.2 Å². The lowest BCUT2D eigenvalue weighted by atomic mass is 9.95. The lowest BCUT2D eigenvalue weighted by molar-refractivity contribution is -0.134. The molecule has 1 aliphatic carbocycles. The van der Waals surface area contributed by atoms with Crippen molar-refractivity contribution in [2.45, 2.75) is 95.2 Å². The predicted octanol–water partition coefficient (Wildman–Crippen LogP) is 6.45. The minimum absolute atomic E-state index is 0.0110. The van der Waals surface area contributed by atoms with Gasteiger partial charge in [0.1, 0.15) is 23.9 Å². The molecule has 1 saturated heterocycles. The number of carbonyl (C=O) groups excluding carboxylic acids is 1. The number of aryl methyl sites for hydroxylation is 1. The van der Waals surface area contributed by atoms with Crippen LogP contribution in [0, 0.1) is 13.8 Å². The highest BCUT2D eigenvalue weighted by Gasteiger charge is 2.49. The van der Waals surface area contributed by atoms with E-state index in [2.05, 4.69) is 12.1 Å². The fourth-order valence-electron chi connectivity index (χ4n) is 7.01. The average molecular weight is 684 g/mol. The number of aromatic nitrogens is 1. The third kappa shape index (κ3) is 6.39. The molecule has 6 rings (SSSR count). The third-order valence-electron chi connectivity index (χ3n) is 9.66. The second-order valence-electron chi connectivity index (χ2n) is 13.2. The Morgan fingerprint density at radius 3 is 2.42 bits per heavy atom. The number of sulfonamides is 1. The van der Waals surface area contributed by atoms with Crippen LogP contribution in [0.5, 0.6) is 0 Å². The van der Waals surface area contributed by atoms with Crippen molar-refractivity contribution in [3.05, 3.63) is 64.9 Å². The Morgan fingerprint density at radius 1 is 1.04 bits per heavy atom. The number of aliphatic imine (C=N–C) groups is 1. The molecule has 0 radical (unpaired) electrons. The van der Waals surface area contributed by atoms with Gasteiger partial charge in [0.05, 0.1) is 24.5 Å². The number of unbranched alkanes of at least 4 members (excludes halogenated alkanes) is 1. The maximum Gasteiger partial charge on any atom is 0.272 e. The SMILES string of the molecule is CCCCC1=NC2(CCCC2)C(=O)N1Cc1ccc(-c2ccccc2S(=O)(=O)N(COC)c2noc(C)c2C)c(CN2CC(F)(F)C2)c1. The first-order valence-corrected chi connectivity index (χ1v) is 18.0. The summed E-state index contributed by atoms with van der Waals surface area (Å²) in [6, 6.07) is 12.2. The standard InChI is InChI=1S/C35H43F2N5O5S/c1-5-6-13-31-38-34(16-9-10-17-34)33(43)41(31)19-26-14-15-28(27(18-26)20-40-21-35(36,37)22-40)29-11-7-8-12-30(29)48(44,45)42(23-46-4)32-24(2)25(3)47-39-32/h7-8,11-12,14-15,18H,5-6,9-10,13,16-17,19-23H2,1-4H3. The smallest absolute Gasteiger partial charge is 0.272 e. The van der Waals surface area contributed by atoms with E-state index in [1.807, 2.05) is 18.2 Å². The summed E-state index contributed by atoms with van der Waals surface area (Å²) in [6.45, 7) is 4.95. The van der Waals surface area contributed by atoms with E-state index in [0.29, 0.717) is 41.0 Å². The van der Waals surface area contributed by atoms with Crippen molar-refractivity contribution in [2.75, 3.05) is 31.2 Å². The van der Waals surface area contributed by atoms with Gasteiger partial charge in [0.25, 0.3) is 21.9 Å². The van der Waals surface area contributed by atoms with Crippen LogP contribution in [0.2, 0.25) is 0 Å². The van der Waals surface area contributed by atoms with Crippen molar-refractivity contribution in [3.8, 4) is 11.1 Å². The fourth-order valence-corrected chi connectivity index (χ4v) is 8.60. The predicted molar refractivity (Wildman–Crippen MR) is 178 cm³/mol. The van der Waals surface area contributed by atoms with Gasteiger partial charge < -0.3 is 9.26 Å². The van der Waals surface area contributed by atoms with Crippen LogP contribution in [-0.4, -0.2) is 73.5 Å². The number of ether oxygens (including phenoxy) is 1. The third-order valence-corrected chi connectivity index (χ3v) is 11.4. The second kappa shape index (κ2) is 13.3. The molecule has 0 N–H and O–H groups in total. The highest BCUT2D eigenvalue weighted by Crippen LogP contribution is 2.41. The molecule has 0 unspecified atom stereocenters. The zero-order valence-electron chi connectivity index (χ0n) is 28.0. The van der Waals surface area contributed by atoms with Crippen LogP contribution < -0.4 is 4.31 Å². The minimum atomic E-state index is -4.24. The Bertz CT molecular complexity index is 1810. The van der Waals surface area contributed by atoms with E-state index in [1.165, 1.54) is 13.2 Å².